The van der Waals surface area contributed by atoms with Crippen molar-refractivity contribution in [2.24, 2.45) is 5.92 Å². The Hall–Kier alpha value is -1.10. The van der Waals surface area contributed by atoms with Gasteiger partial charge in [0.2, 0.25) is 0 Å². The van der Waals surface area contributed by atoms with Crippen LogP contribution in [0.5, 0.6) is 0 Å². The van der Waals surface area contributed by atoms with Gasteiger partial charge in [0, 0.05) is 0 Å². The molecule has 112 valence electrons. The number of ether oxygens (including phenoxy) is 2. The van der Waals surface area contributed by atoms with Crippen molar-refractivity contribution >= 4 is 11.9 Å². The summed E-state index contributed by atoms with van der Waals surface area (Å²) >= 11 is 0. The van der Waals surface area contributed by atoms with Gasteiger partial charge in [0.1, 0.15) is 0 Å². The van der Waals surface area contributed by atoms with E-state index in [1.807, 2.05) is 6.92 Å². The predicted molar refractivity (Wildman–Crippen MR) is 71.5 cm³/mol. The fraction of sp³-hybridized carbons (Fsp3) is 0.857. The number of hydrogen-bond donors (Lipinski definition) is 1. The SMILES string of the molecule is CCCCCC(C)(O)C(C(=O)OCC)C(=O)OCC. The molecule has 5 nitrogen and oxygen atoms in total. The molecule has 0 aromatic carbocycles. The van der Waals surface area contributed by atoms with Gasteiger partial charge < -0.3 is 14.6 Å². The Morgan fingerprint density at radius 1 is 1.05 bits per heavy atom. The number of hydrogen-bond acceptors (Lipinski definition) is 5. The second kappa shape index (κ2) is 8.91. The highest BCUT2D eigenvalue weighted by Crippen LogP contribution is 2.26. The number of unbranched alkanes of at least 4 members (excludes halogenated alkanes) is 2. The maximum atomic E-state index is 11.9. The summed E-state index contributed by atoms with van der Waals surface area (Å²) < 4.78 is 9.73. The van der Waals surface area contributed by atoms with E-state index >= 15 is 0 Å². The zero-order chi connectivity index (χ0) is 14.9. The molecular weight excluding hydrogens is 248 g/mol. The van der Waals surface area contributed by atoms with E-state index in [0.717, 1.165) is 19.3 Å². The summed E-state index contributed by atoms with van der Waals surface area (Å²) in [6.45, 7) is 7.18. The van der Waals surface area contributed by atoms with Crippen LogP contribution in [0.3, 0.4) is 0 Å². The van der Waals surface area contributed by atoms with E-state index in [0.29, 0.717) is 6.42 Å². The summed E-state index contributed by atoms with van der Waals surface area (Å²) in [5, 5.41) is 10.4. The number of rotatable bonds is 9. The van der Waals surface area contributed by atoms with Gasteiger partial charge in [0.25, 0.3) is 0 Å². The van der Waals surface area contributed by atoms with Crippen LogP contribution in [-0.2, 0) is 19.1 Å². The standard InChI is InChI=1S/C14H26O5/c1-5-8-9-10-14(4,17)11(12(15)18-6-2)13(16)19-7-3/h11,17H,5-10H2,1-4H3. The van der Waals surface area contributed by atoms with Crippen molar-refractivity contribution in [2.45, 2.75) is 59.0 Å². The molecule has 0 aliphatic rings. The summed E-state index contributed by atoms with van der Waals surface area (Å²) in [7, 11) is 0. The highest BCUT2D eigenvalue weighted by molar-refractivity contribution is 5.96. The number of esters is 2. The van der Waals surface area contributed by atoms with Crippen LogP contribution in [0.25, 0.3) is 0 Å². The van der Waals surface area contributed by atoms with Crippen molar-refractivity contribution in [1.29, 1.82) is 0 Å². The molecule has 0 aromatic rings. The molecule has 1 atom stereocenters. The quantitative estimate of drug-likeness (QED) is 0.396. The Bertz CT molecular complexity index is 268. The predicted octanol–water partition coefficient (Wildman–Crippen LogP) is 2.06. The first kappa shape index (κ1) is 17.9. The van der Waals surface area contributed by atoms with Gasteiger partial charge in [-0.15, -0.1) is 0 Å². The van der Waals surface area contributed by atoms with Gasteiger partial charge in [0.15, 0.2) is 5.92 Å². The molecule has 0 bridgehead atoms. The number of carbonyl (C=O) groups excluding carboxylic acids is 2. The van der Waals surface area contributed by atoms with E-state index in [-0.39, 0.29) is 13.2 Å². The molecular formula is C14H26O5. The van der Waals surface area contributed by atoms with Crippen LogP contribution in [0, 0.1) is 5.92 Å². The third-order valence-corrected chi connectivity index (χ3v) is 2.95. The van der Waals surface area contributed by atoms with Gasteiger partial charge in [0.05, 0.1) is 18.8 Å². The third-order valence-electron chi connectivity index (χ3n) is 2.95. The molecule has 1 unspecified atom stereocenters. The van der Waals surface area contributed by atoms with E-state index in [4.69, 9.17) is 9.47 Å². The molecule has 5 heteroatoms. The summed E-state index contributed by atoms with van der Waals surface area (Å²) in [5.41, 5.74) is -1.44. The normalized spacial score (nSPS) is 14.0. The van der Waals surface area contributed by atoms with E-state index in [1.54, 1.807) is 13.8 Å². The molecule has 0 aliphatic carbocycles. The molecule has 0 saturated carbocycles. The molecule has 0 spiro atoms. The lowest BCUT2D eigenvalue weighted by molar-refractivity contribution is -0.174. The summed E-state index contributed by atoms with van der Waals surface area (Å²) in [4.78, 5) is 23.7. The fourth-order valence-electron chi connectivity index (χ4n) is 1.93. The van der Waals surface area contributed by atoms with E-state index < -0.39 is 23.5 Å². The van der Waals surface area contributed by atoms with Gasteiger partial charge in [-0.05, 0) is 27.2 Å². The Morgan fingerprint density at radius 3 is 1.89 bits per heavy atom. The summed E-state index contributed by atoms with van der Waals surface area (Å²) in [5.74, 6) is -2.71. The Morgan fingerprint density at radius 2 is 1.53 bits per heavy atom. The molecule has 0 radical (unpaired) electrons. The van der Waals surface area contributed by atoms with Crippen molar-refractivity contribution in [1.82, 2.24) is 0 Å². The highest BCUT2D eigenvalue weighted by Gasteiger charge is 2.44. The number of carbonyl (C=O) groups is 2. The highest BCUT2D eigenvalue weighted by atomic mass is 16.6. The minimum absolute atomic E-state index is 0.166. The minimum atomic E-state index is -1.44. The van der Waals surface area contributed by atoms with E-state index in [9.17, 15) is 14.7 Å². The van der Waals surface area contributed by atoms with Gasteiger partial charge in [-0.1, -0.05) is 26.2 Å². The fourth-order valence-corrected chi connectivity index (χ4v) is 1.93. The topological polar surface area (TPSA) is 72.8 Å². The zero-order valence-corrected chi connectivity index (χ0v) is 12.4. The van der Waals surface area contributed by atoms with Gasteiger partial charge in [-0.25, -0.2) is 0 Å². The molecule has 0 fully saturated rings. The molecule has 0 amide bonds. The molecule has 19 heavy (non-hydrogen) atoms. The monoisotopic (exact) mass is 274 g/mol. The van der Waals surface area contributed by atoms with Crippen molar-refractivity contribution in [3.8, 4) is 0 Å². The molecule has 1 N–H and O–H groups in total. The van der Waals surface area contributed by atoms with Crippen LogP contribution in [0.15, 0.2) is 0 Å². The van der Waals surface area contributed by atoms with Crippen LogP contribution in [0.4, 0.5) is 0 Å². The Labute approximate surface area is 115 Å². The van der Waals surface area contributed by atoms with Crippen molar-refractivity contribution in [2.75, 3.05) is 13.2 Å². The first-order valence-corrected chi connectivity index (χ1v) is 6.96. The van der Waals surface area contributed by atoms with Crippen molar-refractivity contribution in [3.63, 3.8) is 0 Å². The first-order chi connectivity index (χ1) is 8.90. The zero-order valence-electron chi connectivity index (χ0n) is 12.4. The average molecular weight is 274 g/mol. The lowest BCUT2D eigenvalue weighted by Crippen LogP contribution is -2.46. The molecule has 0 aliphatic heterocycles. The molecule has 0 heterocycles. The summed E-state index contributed by atoms with van der Waals surface area (Å²) in [6.07, 6.45) is 3.05. The number of aliphatic hydroxyl groups is 1. The smallest absolute Gasteiger partial charge is 0.323 e. The second-order valence-electron chi connectivity index (χ2n) is 4.75. The molecule has 0 aromatic heterocycles. The minimum Gasteiger partial charge on any atom is -0.465 e. The van der Waals surface area contributed by atoms with Crippen LogP contribution >= 0.6 is 0 Å². The largest absolute Gasteiger partial charge is 0.465 e. The molecule has 0 rings (SSSR count). The Balaban J connectivity index is 4.88. The Kier molecular flexibility index (Phi) is 8.39. The van der Waals surface area contributed by atoms with Crippen molar-refractivity contribution in [3.05, 3.63) is 0 Å². The maximum Gasteiger partial charge on any atom is 0.323 e. The van der Waals surface area contributed by atoms with Crippen LogP contribution < -0.4 is 0 Å². The maximum absolute atomic E-state index is 11.9. The van der Waals surface area contributed by atoms with E-state index in [2.05, 4.69) is 0 Å². The first-order valence-electron chi connectivity index (χ1n) is 6.96. The third kappa shape index (κ3) is 6.05. The van der Waals surface area contributed by atoms with E-state index in [1.165, 1.54) is 6.92 Å². The van der Waals surface area contributed by atoms with Crippen molar-refractivity contribution < 1.29 is 24.2 Å². The second-order valence-corrected chi connectivity index (χ2v) is 4.75. The average Bonchev–Trinajstić information content (AvgIpc) is 2.29. The van der Waals surface area contributed by atoms with Crippen LogP contribution in [0.2, 0.25) is 0 Å². The lowest BCUT2D eigenvalue weighted by Gasteiger charge is -2.29. The van der Waals surface area contributed by atoms with Gasteiger partial charge >= 0.3 is 11.9 Å². The van der Waals surface area contributed by atoms with Gasteiger partial charge in [-0.3, -0.25) is 9.59 Å². The van der Waals surface area contributed by atoms with Gasteiger partial charge in [-0.2, -0.15) is 0 Å². The van der Waals surface area contributed by atoms with Crippen LogP contribution in [0.1, 0.15) is 53.4 Å². The molecule has 0 saturated heterocycles. The lowest BCUT2D eigenvalue weighted by atomic mass is 9.84. The summed E-state index contributed by atoms with van der Waals surface area (Å²) in [6, 6.07) is 0. The van der Waals surface area contributed by atoms with Crippen LogP contribution in [-0.4, -0.2) is 35.9 Å².